The molecule has 0 saturated carbocycles. The zero-order valence-electron chi connectivity index (χ0n) is 15.8. The molecule has 0 aromatic carbocycles. The Hall–Kier alpha value is -2.05. The predicted octanol–water partition coefficient (Wildman–Crippen LogP) is 2.06. The average molecular weight is 352 g/mol. The minimum absolute atomic E-state index is 0.645. The van der Waals surface area contributed by atoms with Crippen LogP contribution in [0.5, 0.6) is 0 Å². The number of pyridine rings is 1. The number of aryl methyl sites for hydroxylation is 1. The Morgan fingerprint density at radius 3 is 2.69 bits per heavy atom. The monoisotopic (exact) mass is 352 g/mol. The van der Waals surface area contributed by atoms with Crippen molar-refractivity contribution in [2.24, 2.45) is 0 Å². The molecular weight excluding hydrogens is 324 g/mol. The molecule has 2 aliphatic heterocycles. The molecule has 6 heteroatoms. The molecule has 26 heavy (non-hydrogen) atoms. The van der Waals surface area contributed by atoms with E-state index in [0.717, 1.165) is 36.0 Å². The number of likely N-dealkylation sites (N-methyl/N-ethyl adjacent to an activating group) is 1. The van der Waals surface area contributed by atoms with E-state index in [1.807, 2.05) is 25.3 Å². The normalized spacial score (nSPS) is 22.1. The number of hydrogen-bond acceptors (Lipinski definition) is 6. The molecule has 2 aromatic heterocycles. The molecule has 138 valence electrons. The molecule has 4 heterocycles. The molecule has 0 radical (unpaired) electrons. The summed E-state index contributed by atoms with van der Waals surface area (Å²) >= 11 is 0. The first-order valence-corrected chi connectivity index (χ1v) is 9.70. The van der Waals surface area contributed by atoms with Gasteiger partial charge in [-0.15, -0.1) is 0 Å². The lowest BCUT2D eigenvalue weighted by molar-refractivity contribution is 0.107. The van der Waals surface area contributed by atoms with Crippen LogP contribution >= 0.6 is 0 Å². The number of nitrogens with zero attached hydrogens (tertiary/aromatic N) is 6. The van der Waals surface area contributed by atoms with Gasteiger partial charge >= 0.3 is 0 Å². The van der Waals surface area contributed by atoms with Gasteiger partial charge in [-0.3, -0.25) is 9.88 Å². The van der Waals surface area contributed by atoms with Gasteiger partial charge in [-0.2, -0.15) is 0 Å². The fourth-order valence-corrected chi connectivity index (χ4v) is 4.03. The quantitative estimate of drug-likeness (QED) is 0.839. The molecule has 1 atom stereocenters. The Bertz CT molecular complexity index is 726. The minimum atomic E-state index is 0.645. The second-order valence-electron chi connectivity index (χ2n) is 7.29. The molecule has 0 N–H and O–H groups in total. The van der Waals surface area contributed by atoms with Gasteiger partial charge in [0.1, 0.15) is 5.82 Å². The van der Waals surface area contributed by atoms with Gasteiger partial charge in [-0.25, -0.2) is 9.97 Å². The van der Waals surface area contributed by atoms with Crippen LogP contribution in [0.1, 0.15) is 19.0 Å². The molecular formula is C20H28N6. The fourth-order valence-electron chi connectivity index (χ4n) is 4.03. The number of hydrogen-bond donors (Lipinski definition) is 0. The highest BCUT2D eigenvalue weighted by atomic mass is 15.3. The third-order valence-electron chi connectivity index (χ3n) is 5.62. The third-order valence-corrected chi connectivity index (χ3v) is 5.62. The SMILES string of the molecule is CCN1CCN(C2CCN(c3cc(C)nc(-c4cccnc4)n3)C2)CC1. The van der Waals surface area contributed by atoms with Crippen molar-refractivity contribution in [2.45, 2.75) is 26.3 Å². The van der Waals surface area contributed by atoms with Gasteiger partial charge in [0.2, 0.25) is 0 Å². The Kier molecular flexibility index (Phi) is 5.13. The molecule has 6 nitrogen and oxygen atoms in total. The van der Waals surface area contributed by atoms with E-state index in [-0.39, 0.29) is 0 Å². The second-order valence-corrected chi connectivity index (χ2v) is 7.29. The maximum absolute atomic E-state index is 4.84. The van der Waals surface area contributed by atoms with E-state index in [9.17, 15) is 0 Å². The Labute approximate surface area is 155 Å². The van der Waals surface area contributed by atoms with Gasteiger partial charge in [0, 0.05) is 75.0 Å². The highest BCUT2D eigenvalue weighted by Gasteiger charge is 2.30. The number of aromatic nitrogens is 3. The van der Waals surface area contributed by atoms with E-state index >= 15 is 0 Å². The molecule has 0 bridgehead atoms. The maximum Gasteiger partial charge on any atom is 0.163 e. The van der Waals surface area contributed by atoms with Crippen LogP contribution in [-0.2, 0) is 0 Å². The highest BCUT2D eigenvalue weighted by molar-refractivity contribution is 5.57. The Morgan fingerprint density at radius 2 is 1.96 bits per heavy atom. The standard InChI is InChI=1S/C20H28N6/c1-3-24-9-11-25(12-10-24)18-6-8-26(15-18)19-13-16(2)22-20(23-19)17-5-4-7-21-14-17/h4-5,7,13-14,18H,3,6,8-12,15H2,1-2H3. The molecule has 2 aromatic rings. The summed E-state index contributed by atoms with van der Waals surface area (Å²) in [5.74, 6) is 1.82. The van der Waals surface area contributed by atoms with Crippen LogP contribution in [0, 0.1) is 6.92 Å². The molecule has 2 fully saturated rings. The van der Waals surface area contributed by atoms with Gasteiger partial charge < -0.3 is 9.80 Å². The molecule has 1 unspecified atom stereocenters. The summed E-state index contributed by atoms with van der Waals surface area (Å²) in [6.07, 6.45) is 4.83. The van der Waals surface area contributed by atoms with Crippen molar-refractivity contribution in [1.29, 1.82) is 0 Å². The summed E-state index contributed by atoms with van der Waals surface area (Å²) < 4.78 is 0. The Morgan fingerprint density at radius 1 is 1.12 bits per heavy atom. The lowest BCUT2D eigenvalue weighted by Crippen LogP contribution is -2.50. The molecule has 4 rings (SSSR count). The van der Waals surface area contributed by atoms with Crippen molar-refractivity contribution >= 4 is 5.82 Å². The average Bonchev–Trinajstić information content (AvgIpc) is 3.18. The van der Waals surface area contributed by atoms with Crippen LogP contribution in [0.2, 0.25) is 0 Å². The number of rotatable bonds is 4. The number of piperazine rings is 1. The predicted molar refractivity (Wildman–Crippen MR) is 104 cm³/mol. The summed E-state index contributed by atoms with van der Waals surface area (Å²) in [7, 11) is 0. The van der Waals surface area contributed by atoms with Gasteiger partial charge in [0.15, 0.2) is 5.82 Å². The van der Waals surface area contributed by atoms with Gasteiger partial charge in [-0.1, -0.05) is 6.92 Å². The fraction of sp³-hybridized carbons (Fsp3) is 0.550. The third kappa shape index (κ3) is 3.71. The van der Waals surface area contributed by atoms with Crippen LogP contribution in [-0.4, -0.2) is 76.6 Å². The first-order valence-electron chi connectivity index (χ1n) is 9.70. The topological polar surface area (TPSA) is 48.4 Å². The zero-order chi connectivity index (χ0) is 17.9. The van der Waals surface area contributed by atoms with E-state index in [1.165, 1.54) is 39.1 Å². The first kappa shape index (κ1) is 17.4. The van der Waals surface area contributed by atoms with Crippen molar-refractivity contribution in [3.05, 3.63) is 36.3 Å². The first-order chi connectivity index (χ1) is 12.7. The maximum atomic E-state index is 4.84. The summed E-state index contributed by atoms with van der Waals surface area (Å²) in [5.41, 5.74) is 1.98. The molecule has 0 aliphatic carbocycles. The van der Waals surface area contributed by atoms with E-state index < -0.39 is 0 Å². The zero-order valence-corrected chi connectivity index (χ0v) is 15.8. The van der Waals surface area contributed by atoms with E-state index in [2.05, 4.69) is 37.7 Å². The van der Waals surface area contributed by atoms with Crippen molar-refractivity contribution in [2.75, 3.05) is 50.7 Å². The highest BCUT2D eigenvalue weighted by Crippen LogP contribution is 2.25. The second kappa shape index (κ2) is 7.68. The van der Waals surface area contributed by atoms with Crippen molar-refractivity contribution < 1.29 is 0 Å². The Balaban J connectivity index is 1.46. The molecule has 2 aliphatic rings. The summed E-state index contributed by atoms with van der Waals surface area (Å²) in [6, 6.07) is 6.71. The van der Waals surface area contributed by atoms with Gasteiger partial charge in [0.25, 0.3) is 0 Å². The molecule has 2 saturated heterocycles. The summed E-state index contributed by atoms with van der Waals surface area (Å²) in [5, 5.41) is 0. The summed E-state index contributed by atoms with van der Waals surface area (Å²) in [6.45, 7) is 12.4. The molecule has 0 amide bonds. The van der Waals surface area contributed by atoms with Gasteiger partial charge in [0.05, 0.1) is 0 Å². The van der Waals surface area contributed by atoms with Gasteiger partial charge in [-0.05, 0) is 32.0 Å². The van der Waals surface area contributed by atoms with E-state index in [0.29, 0.717) is 6.04 Å². The van der Waals surface area contributed by atoms with Crippen LogP contribution in [0.3, 0.4) is 0 Å². The van der Waals surface area contributed by atoms with Crippen LogP contribution in [0.15, 0.2) is 30.6 Å². The van der Waals surface area contributed by atoms with Crippen LogP contribution < -0.4 is 4.90 Å². The number of anilines is 1. The largest absolute Gasteiger partial charge is 0.355 e. The lowest BCUT2D eigenvalue weighted by atomic mass is 10.2. The summed E-state index contributed by atoms with van der Waals surface area (Å²) in [4.78, 5) is 21.3. The van der Waals surface area contributed by atoms with Crippen molar-refractivity contribution in [1.82, 2.24) is 24.8 Å². The smallest absolute Gasteiger partial charge is 0.163 e. The van der Waals surface area contributed by atoms with Crippen LogP contribution in [0.4, 0.5) is 5.82 Å². The van der Waals surface area contributed by atoms with Crippen LogP contribution in [0.25, 0.3) is 11.4 Å². The minimum Gasteiger partial charge on any atom is -0.355 e. The molecule has 0 spiro atoms. The van der Waals surface area contributed by atoms with E-state index in [1.54, 1.807) is 6.20 Å². The van der Waals surface area contributed by atoms with Crippen molar-refractivity contribution in [3.63, 3.8) is 0 Å². The van der Waals surface area contributed by atoms with E-state index in [4.69, 9.17) is 4.98 Å². The lowest BCUT2D eigenvalue weighted by Gasteiger charge is -2.37. The van der Waals surface area contributed by atoms with Crippen molar-refractivity contribution in [3.8, 4) is 11.4 Å².